The summed E-state index contributed by atoms with van der Waals surface area (Å²) in [6.07, 6.45) is 0. The van der Waals surface area contributed by atoms with Crippen LogP contribution in [0.3, 0.4) is 0 Å². The van der Waals surface area contributed by atoms with Gasteiger partial charge in [-0.25, -0.2) is 0 Å². The maximum absolute atomic E-state index is 5.77. The van der Waals surface area contributed by atoms with Crippen molar-refractivity contribution in [2.24, 2.45) is 0 Å². The number of benzene rings is 1. The molecule has 18 heavy (non-hydrogen) atoms. The van der Waals surface area contributed by atoms with E-state index in [1.54, 1.807) is 0 Å². The Morgan fingerprint density at radius 2 is 1.78 bits per heavy atom. The van der Waals surface area contributed by atoms with Gasteiger partial charge in [0.25, 0.3) is 0 Å². The Kier molecular flexibility index (Phi) is 4.42. The molecule has 0 aliphatic carbocycles. The molecule has 1 N–H and O–H groups in total. The van der Waals surface area contributed by atoms with E-state index in [0.29, 0.717) is 0 Å². The monoisotopic (exact) mass is 244 g/mol. The summed E-state index contributed by atoms with van der Waals surface area (Å²) in [7, 11) is 2.07. The second-order valence-electron chi connectivity index (χ2n) is 4.34. The first-order chi connectivity index (χ1) is 8.79. The number of furan rings is 1. The van der Waals surface area contributed by atoms with Crippen LogP contribution in [0, 0.1) is 0 Å². The van der Waals surface area contributed by atoms with E-state index >= 15 is 0 Å². The van der Waals surface area contributed by atoms with Gasteiger partial charge in [0.2, 0.25) is 0 Å². The van der Waals surface area contributed by atoms with Gasteiger partial charge < -0.3 is 14.6 Å². The lowest BCUT2D eigenvalue weighted by Gasteiger charge is -2.17. The molecule has 0 unspecified atom stereocenters. The molecule has 3 heteroatoms. The molecule has 0 aliphatic rings. The van der Waals surface area contributed by atoms with Crippen molar-refractivity contribution in [2.75, 3.05) is 18.5 Å². The molecule has 2 rings (SSSR count). The van der Waals surface area contributed by atoms with Crippen LogP contribution in [-0.4, -0.2) is 13.6 Å². The van der Waals surface area contributed by atoms with E-state index in [4.69, 9.17) is 4.42 Å². The van der Waals surface area contributed by atoms with Gasteiger partial charge in [0.15, 0.2) is 0 Å². The SMILES string of the molecule is CCNCc1ccc(CN(C)c2ccccc2)o1. The molecule has 96 valence electrons. The molecule has 0 amide bonds. The van der Waals surface area contributed by atoms with Crippen LogP contribution in [0.4, 0.5) is 5.69 Å². The fraction of sp³-hybridized carbons (Fsp3) is 0.333. The number of para-hydroxylation sites is 1. The first-order valence-corrected chi connectivity index (χ1v) is 6.34. The predicted octanol–water partition coefficient (Wildman–Crippen LogP) is 3.03. The molecule has 2 aromatic rings. The molecule has 0 fully saturated rings. The lowest BCUT2D eigenvalue weighted by atomic mass is 10.3. The Hall–Kier alpha value is -1.74. The minimum atomic E-state index is 0.788. The highest BCUT2D eigenvalue weighted by molar-refractivity contribution is 5.45. The van der Waals surface area contributed by atoms with Gasteiger partial charge in [-0.3, -0.25) is 0 Å². The summed E-state index contributed by atoms with van der Waals surface area (Å²) in [6.45, 7) is 4.63. The van der Waals surface area contributed by atoms with Crippen LogP contribution < -0.4 is 10.2 Å². The number of hydrogen-bond acceptors (Lipinski definition) is 3. The largest absolute Gasteiger partial charge is 0.463 e. The molecular weight excluding hydrogens is 224 g/mol. The molecule has 0 radical (unpaired) electrons. The molecule has 0 saturated carbocycles. The third-order valence-electron chi connectivity index (χ3n) is 2.86. The van der Waals surface area contributed by atoms with Crippen LogP contribution in [0.15, 0.2) is 46.9 Å². The minimum absolute atomic E-state index is 0.788. The van der Waals surface area contributed by atoms with Crippen molar-refractivity contribution in [3.05, 3.63) is 54.0 Å². The molecule has 1 heterocycles. The van der Waals surface area contributed by atoms with Gasteiger partial charge in [-0.15, -0.1) is 0 Å². The van der Waals surface area contributed by atoms with Crippen molar-refractivity contribution in [3.8, 4) is 0 Å². The number of anilines is 1. The fourth-order valence-electron chi connectivity index (χ4n) is 1.86. The summed E-state index contributed by atoms with van der Waals surface area (Å²) in [5.74, 6) is 1.99. The Balaban J connectivity index is 1.95. The average molecular weight is 244 g/mol. The van der Waals surface area contributed by atoms with Crippen LogP contribution in [0.2, 0.25) is 0 Å². The molecule has 0 bridgehead atoms. The van der Waals surface area contributed by atoms with Gasteiger partial charge in [-0.05, 0) is 30.8 Å². The molecule has 0 aliphatic heterocycles. The van der Waals surface area contributed by atoms with E-state index in [-0.39, 0.29) is 0 Å². The lowest BCUT2D eigenvalue weighted by Crippen LogP contribution is -2.15. The highest BCUT2D eigenvalue weighted by Crippen LogP contribution is 2.16. The van der Waals surface area contributed by atoms with Gasteiger partial charge in [-0.1, -0.05) is 25.1 Å². The molecule has 1 aromatic heterocycles. The number of nitrogens with one attached hydrogen (secondary N) is 1. The van der Waals surface area contributed by atoms with Gasteiger partial charge in [-0.2, -0.15) is 0 Å². The zero-order valence-corrected chi connectivity index (χ0v) is 11.0. The number of hydrogen-bond donors (Lipinski definition) is 1. The third-order valence-corrected chi connectivity index (χ3v) is 2.86. The Labute approximate surface area is 108 Å². The first-order valence-electron chi connectivity index (χ1n) is 6.34. The fourth-order valence-corrected chi connectivity index (χ4v) is 1.86. The Bertz CT molecular complexity index is 464. The lowest BCUT2D eigenvalue weighted by molar-refractivity contribution is 0.448. The van der Waals surface area contributed by atoms with E-state index in [9.17, 15) is 0 Å². The normalized spacial score (nSPS) is 10.6. The molecular formula is C15H20N2O. The van der Waals surface area contributed by atoms with Crippen molar-refractivity contribution < 1.29 is 4.42 Å². The Morgan fingerprint density at radius 1 is 1.06 bits per heavy atom. The van der Waals surface area contributed by atoms with E-state index in [1.807, 2.05) is 30.3 Å². The summed E-state index contributed by atoms with van der Waals surface area (Å²) in [5, 5.41) is 3.26. The number of rotatable bonds is 6. The van der Waals surface area contributed by atoms with Crippen molar-refractivity contribution in [3.63, 3.8) is 0 Å². The topological polar surface area (TPSA) is 28.4 Å². The van der Waals surface area contributed by atoms with Crippen molar-refractivity contribution in [1.29, 1.82) is 0 Å². The second kappa shape index (κ2) is 6.26. The maximum Gasteiger partial charge on any atom is 0.123 e. The van der Waals surface area contributed by atoms with Gasteiger partial charge >= 0.3 is 0 Å². The van der Waals surface area contributed by atoms with Crippen LogP contribution >= 0.6 is 0 Å². The summed E-state index contributed by atoms with van der Waals surface area (Å²) < 4.78 is 5.77. The zero-order valence-electron chi connectivity index (χ0n) is 11.0. The van der Waals surface area contributed by atoms with Crippen molar-refractivity contribution in [2.45, 2.75) is 20.0 Å². The smallest absolute Gasteiger partial charge is 0.123 e. The van der Waals surface area contributed by atoms with Crippen molar-refractivity contribution in [1.82, 2.24) is 5.32 Å². The van der Waals surface area contributed by atoms with E-state index in [2.05, 4.69) is 36.3 Å². The first kappa shape index (κ1) is 12.7. The molecule has 0 saturated heterocycles. The summed E-state index contributed by atoms with van der Waals surface area (Å²) in [6, 6.07) is 14.4. The van der Waals surface area contributed by atoms with E-state index < -0.39 is 0 Å². The van der Waals surface area contributed by atoms with Crippen LogP contribution in [-0.2, 0) is 13.1 Å². The molecule has 3 nitrogen and oxygen atoms in total. The summed E-state index contributed by atoms with van der Waals surface area (Å²) in [5.41, 5.74) is 1.20. The molecule has 1 aromatic carbocycles. The Morgan fingerprint density at radius 3 is 2.50 bits per heavy atom. The summed E-state index contributed by atoms with van der Waals surface area (Å²) >= 11 is 0. The highest BCUT2D eigenvalue weighted by Gasteiger charge is 2.05. The van der Waals surface area contributed by atoms with E-state index in [1.165, 1.54) is 5.69 Å². The molecule has 0 spiro atoms. The standard InChI is InChI=1S/C15H20N2O/c1-3-16-11-14-9-10-15(18-14)12-17(2)13-7-5-4-6-8-13/h4-10,16H,3,11-12H2,1-2H3. The summed E-state index contributed by atoms with van der Waals surface area (Å²) in [4.78, 5) is 2.18. The minimum Gasteiger partial charge on any atom is -0.463 e. The van der Waals surface area contributed by atoms with E-state index in [0.717, 1.165) is 31.2 Å². The zero-order chi connectivity index (χ0) is 12.8. The van der Waals surface area contributed by atoms with Gasteiger partial charge in [0.05, 0.1) is 13.1 Å². The van der Waals surface area contributed by atoms with Gasteiger partial charge in [0, 0.05) is 12.7 Å². The van der Waals surface area contributed by atoms with Crippen LogP contribution in [0.1, 0.15) is 18.4 Å². The van der Waals surface area contributed by atoms with Gasteiger partial charge in [0.1, 0.15) is 11.5 Å². The van der Waals surface area contributed by atoms with Crippen LogP contribution in [0.5, 0.6) is 0 Å². The number of nitrogens with zero attached hydrogens (tertiary/aromatic N) is 1. The predicted molar refractivity (Wildman–Crippen MR) is 74.6 cm³/mol. The average Bonchev–Trinajstić information content (AvgIpc) is 2.85. The third kappa shape index (κ3) is 3.37. The quantitative estimate of drug-likeness (QED) is 0.846. The van der Waals surface area contributed by atoms with Crippen molar-refractivity contribution >= 4 is 5.69 Å². The van der Waals surface area contributed by atoms with Crippen LogP contribution in [0.25, 0.3) is 0 Å². The second-order valence-corrected chi connectivity index (χ2v) is 4.34. The maximum atomic E-state index is 5.77. The highest BCUT2D eigenvalue weighted by atomic mass is 16.3. The molecule has 0 atom stereocenters.